The summed E-state index contributed by atoms with van der Waals surface area (Å²) in [5.74, 6) is 0.819. The average molecular weight is 426 g/mol. The number of nitrogens with one attached hydrogen (secondary N) is 1. The predicted octanol–water partition coefficient (Wildman–Crippen LogP) is 1.92. The normalized spacial score (nSPS) is 21.1. The zero-order valence-corrected chi connectivity index (χ0v) is 18.2. The predicted molar refractivity (Wildman–Crippen MR) is 114 cm³/mol. The molecular formula is C20H23N7O2S. The van der Waals surface area contributed by atoms with Gasteiger partial charge in [-0.2, -0.15) is 14.6 Å². The van der Waals surface area contributed by atoms with Crippen molar-refractivity contribution in [3.63, 3.8) is 0 Å². The molecule has 5 rings (SSSR count). The van der Waals surface area contributed by atoms with Gasteiger partial charge in [0.25, 0.3) is 0 Å². The minimum Gasteiger partial charge on any atom is -0.377 e. The molecule has 1 saturated heterocycles. The summed E-state index contributed by atoms with van der Waals surface area (Å²) in [5, 5.41) is 11.7. The molecule has 9 nitrogen and oxygen atoms in total. The number of pyridine rings is 1. The second kappa shape index (κ2) is 7.13. The Bertz CT molecular complexity index is 1180. The van der Waals surface area contributed by atoms with Crippen LogP contribution in [0.2, 0.25) is 0 Å². The number of ether oxygens (including phenoxy) is 1. The van der Waals surface area contributed by atoms with E-state index in [0.717, 1.165) is 34.9 Å². The van der Waals surface area contributed by atoms with Crippen LogP contribution in [-0.2, 0) is 22.8 Å². The van der Waals surface area contributed by atoms with Gasteiger partial charge in [0.15, 0.2) is 11.0 Å². The fourth-order valence-electron chi connectivity index (χ4n) is 4.06. The lowest BCUT2D eigenvalue weighted by Gasteiger charge is -2.34. The van der Waals surface area contributed by atoms with Crippen molar-refractivity contribution in [1.82, 2.24) is 25.0 Å². The molecule has 0 bridgehead atoms. The minimum atomic E-state index is -1.57. The van der Waals surface area contributed by atoms with Crippen LogP contribution in [0, 0.1) is 13.8 Å². The lowest BCUT2D eigenvalue weighted by molar-refractivity contribution is 0.0985. The van der Waals surface area contributed by atoms with Crippen molar-refractivity contribution in [2.24, 2.45) is 11.4 Å². The van der Waals surface area contributed by atoms with Gasteiger partial charge >= 0.3 is 0 Å². The third kappa shape index (κ3) is 2.98. The number of rotatable bonds is 3. The van der Waals surface area contributed by atoms with Crippen molar-refractivity contribution in [2.75, 3.05) is 24.7 Å². The summed E-state index contributed by atoms with van der Waals surface area (Å²) in [4.78, 5) is 7.78. The molecule has 1 unspecified atom stereocenters. The Morgan fingerprint density at radius 1 is 1.30 bits per heavy atom. The van der Waals surface area contributed by atoms with Crippen LogP contribution in [0.1, 0.15) is 29.6 Å². The summed E-state index contributed by atoms with van der Waals surface area (Å²) >= 11 is 0. The van der Waals surface area contributed by atoms with Gasteiger partial charge in [0, 0.05) is 24.8 Å². The SMILES string of the molecule is Cc1cc(C2=NS(=O)c3c(-c4c(C)cnn4C)cc(N4CCOC[C@H]4C)nc32)n[nH]1. The molecule has 30 heavy (non-hydrogen) atoms. The van der Waals surface area contributed by atoms with Crippen LogP contribution >= 0.6 is 0 Å². The highest BCUT2D eigenvalue weighted by Gasteiger charge is 2.33. The highest BCUT2D eigenvalue weighted by molar-refractivity contribution is 7.84. The first-order valence-electron chi connectivity index (χ1n) is 9.85. The summed E-state index contributed by atoms with van der Waals surface area (Å²) < 4.78 is 25.0. The Kier molecular flexibility index (Phi) is 4.55. The van der Waals surface area contributed by atoms with Crippen molar-refractivity contribution in [3.8, 4) is 11.3 Å². The second-order valence-corrected chi connectivity index (χ2v) is 8.84. The summed E-state index contributed by atoms with van der Waals surface area (Å²) in [5.41, 5.74) is 5.49. The van der Waals surface area contributed by atoms with E-state index in [1.165, 1.54) is 0 Å². The first-order chi connectivity index (χ1) is 14.4. The number of fused-ring (bicyclic) bond motifs is 1. The largest absolute Gasteiger partial charge is 0.377 e. The zero-order valence-electron chi connectivity index (χ0n) is 17.3. The molecule has 0 amide bonds. The van der Waals surface area contributed by atoms with E-state index in [9.17, 15) is 4.21 Å². The molecular weight excluding hydrogens is 402 g/mol. The monoisotopic (exact) mass is 425 g/mol. The van der Waals surface area contributed by atoms with Crippen LogP contribution in [0.4, 0.5) is 5.82 Å². The van der Waals surface area contributed by atoms with Crippen molar-refractivity contribution in [2.45, 2.75) is 31.7 Å². The molecule has 156 valence electrons. The molecule has 3 aromatic rings. The molecule has 0 radical (unpaired) electrons. The summed E-state index contributed by atoms with van der Waals surface area (Å²) in [6.45, 7) is 8.08. The number of H-pyrrole nitrogens is 1. The molecule has 1 fully saturated rings. The molecule has 10 heteroatoms. The summed E-state index contributed by atoms with van der Waals surface area (Å²) in [6, 6.07) is 4.09. The Hall–Kier alpha value is -2.85. The highest BCUT2D eigenvalue weighted by atomic mass is 32.2. The van der Waals surface area contributed by atoms with E-state index in [-0.39, 0.29) is 6.04 Å². The van der Waals surface area contributed by atoms with E-state index in [4.69, 9.17) is 9.72 Å². The van der Waals surface area contributed by atoms with Crippen molar-refractivity contribution in [3.05, 3.63) is 41.0 Å². The Morgan fingerprint density at radius 2 is 2.13 bits per heavy atom. The number of hydrogen-bond acceptors (Lipinski definition) is 6. The molecule has 2 atom stereocenters. The van der Waals surface area contributed by atoms with Crippen molar-refractivity contribution < 1.29 is 8.95 Å². The lowest BCUT2D eigenvalue weighted by atomic mass is 10.0. The van der Waals surface area contributed by atoms with E-state index in [1.807, 2.05) is 43.9 Å². The Labute approximate surface area is 176 Å². The van der Waals surface area contributed by atoms with Crippen LogP contribution in [0.5, 0.6) is 0 Å². The third-order valence-electron chi connectivity index (χ3n) is 5.52. The lowest BCUT2D eigenvalue weighted by Crippen LogP contribution is -2.44. The highest BCUT2D eigenvalue weighted by Crippen LogP contribution is 2.38. The number of nitrogens with zero attached hydrogens (tertiary/aromatic N) is 6. The molecule has 0 aromatic carbocycles. The van der Waals surface area contributed by atoms with Gasteiger partial charge in [-0.25, -0.2) is 9.19 Å². The Morgan fingerprint density at radius 3 is 2.80 bits per heavy atom. The summed E-state index contributed by atoms with van der Waals surface area (Å²) in [7, 11) is 0.325. The van der Waals surface area contributed by atoms with E-state index in [0.29, 0.717) is 35.2 Å². The number of morpholine rings is 1. The quantitative estimate of drug-likeness (QED) is 0.688. The minimum absolute atomic E-state index is 0.185. The van der Waals surface area contributed by atoms with Gasteiger partial charge in [-0.15, -0.1) is 0 Å². The van der Waals surface area contributed by atoms with Gasteiger partial charge in [-0.05, 0) is 38.5 Å². The standard InChI is InChI=1S/C20H23N7O2S/c1-11-9-21-26(4)19(11)14-8-16(27-5-6-29-10-13(27)3)22-18-17(25-30(28)20(14)18)15-7-12(2)23-24-15/h7-9,13H,5-6,10H2,1-4H3,(H,23,24)/t13-,30?/m1/s1. The number of aromatic amines is 1. The van der Waals surface area contributed by atoms with Gasteiger partial charge in [-0.3, -0.25) is 9.78 Å². The molecule has 5 heterocycles. The summed E-state index contributed by atoms with van der Waals surface area (Å²) in [6.07, 6.45) is 1.82. The van der Waals surface area contributed by atoms with E-state index in [2.05, 4.69) is 31.5 Å². The van der Waals surface area contributed by atoms with Crippen molar-refractivity contribution >= 4 is 22.5 Å². The van der Waals surface area contributed by atoms with Crippen LogP contribution in [0.15, 0.2) is 27.6 Å². The van der Waals surface area contributed by atoms with Crippen LogP contribution < -0.4 is 4.90 Å². The number of anilines is 1. The second-order valence-electron chi connectivity index (χ2n) is 7.75. The number of aryl methyl sites for hydroxylation is 3. The van der Waals surface area contributed by atoms with Gasteiger partial charge in [0.2, 0.25) is 0 Å². The first kappa shape index (κ1) is 19.1. The molecule has 3 aromatic heterocycles. The van der Waals surface area contributed by atoms with Crippen LogP contribution in [0.25, 0.3) is 11.3 Å². The van der Waals surface area contributed by atoms with E-state index in [1.54, 1.807) is 0 Å². The van der Waals surface area contributed by atoms with Gasteiger partial charge in [-0.1, -0.05) is 0 Å². The Balaban J connectivity index is 1.75. The van der Waals surface area contributed by atoms with E-state index < -0.39 is 11.0 Å². The first-order valence-corrected chi connectivity index (χ1v) is 11.0. The fraction of sp³-hybridized carbons (Fsp3) is 0.400. The average Bonchev–Trinajstić information content (AvgIpc) is 3.39. The molecule has 0 spiro atoms. The number of aromatic nitrogens is 5. The maximum atomic E-state index is 13.1. The van der Waals surface area contributed by atoms with Crippen molar-refractivity contribution in [1.29, 1.82) is 0 Å². The smallest absolute Gasteiger partial charge is 0.176 e. The molecule has 2 aliphatic rings. The zero-order chi connectivity index (χ0) is 21.0. The molecule has 0 aliphatic carbocycles. The number of hydrogen-bond donors (Lipinski definition) is 1. The maximum Gasteiger partial charge on any atom is 0.176 e. The third-order valence-corrected chi connectivity index (χ3v) is 6.63. The fourth-order valence-corrected chi connectivity index (χ4v) is 5.15. The van der Waals surface area contributed by atoms with E-state index >= 15 is 0 Å². The van der Waals surface area contributed by atoms with Gasteiger partial charge in [0.05, 0.1) is 36.0 Å². The van der Waals surface area contributed by atoms with Gasteiger partial charge in [0.1, 0.15) is 22.9 Å². The topological polar surface area (TPSA) is 101 Å². The van der Waals surface area contributed by atoms with Crippen LogP contribution in [-0.4, -0.2) is 60.7 Å². The van der Waals surface area contributed by atoms with Crippen LogP contribution in [0.3, 0.4) is 0 Å². The molecule has 2 aliphatic heterocycles. The maximum absolute atomic E-state index is 13.1. The molecule has 1 N–H and O–H groups in total. The van der Waals surface area contributed by atoms with Gasteiger partial charge < -0.3 is 9.64 Å². The molecule has 0 saturated carbocycles.